The molecule has 2 aliphatic heterocycles. The summed E-state index contributed by atoms with van der Waals surface area (Å²) >= 11 is 0. The molecule has 1 saturated carbocycles. The average molecular weight is 445 g/mol. The summed E-state index contributed by atoms with van der Waals surface area (Å²) in [6.45, 7) is 6.69. The Morgan fingerprint density at radius 3 is 2.66 bits per heavy atom. The Morgan fingerprint density at radius 2 is 2.00 bits per heavy atom. The third-order valence-corrected chi connectivity index (χ3v) is 7.56. The third kappa shape index (κ3) is 4.29. The largest absolute Gasteiger partial charge is 0.465 e. The van der Waals surface area contributed by atoms with Crippen LogP contribution in [0.4, 0.5) is 16.3 Å². The van der Waals surface area contributed by atoms with Crippen LogP contribution in [-0.2, 0) is 4.79 Å². The van der Waals surface area contributed by atoms with Gasteiger partial charge >= 0.3 is 6.09 Å². The average Bonchev–Trinajstić information content (AvgIpc) is 3.07. The first-order valence-corrected chi connectivity index (χ1v) is 12.1. The normalized spacial score (nSPS) is 28.4. The number of piperidine rings is 1. The Balaban J connectivity index is 1.49. The molecule has 4 rings (SSSR count). The molecule has 176 valence electrons. The van der Waals surface area contributed by atoms with Gasteiger partial charge < -0.3 is 20.0 Å². The molecule has 3 fully saturated rings. The second-order valence-corrected chi connectivity index (χ2v) is 9.78. The number of rotatable bonds is 5. The van der Waals surface area contributed by atoms with Gasteiger partial charge in [0.15, 0.2) is 0 Å². The fraction of sp³-hybridized carbons (Fsp3) is 0.708. The highest BCUT2D eigenvalue weighted by Crippen LogP contribution is 2.43. The van der Waals surface area contributed by atoms with Crippen LogP contribution in [0.25, 0.3) is 0 Å². The maximum Gasteiger partial charge on any atom is 0.411 e. The fourth-order valence-corrected chi connectivity index (χ4v) is 5.85. The van der Waals surface area contributed by atoms with Crippen LogP contribution in [0.15, 0.2) is 12.3 Å². The van der Waals surface area contributed by atoms with Crippen molar-refractivity contribution in [2.45, 2.75) is 77.4 Å². The third-order valence-electron chi connectivity index (χ3n) is 7.56. The SMILES string of the molecule is CCCN(C(=O)O)c1cnc(N2CCC[C@]3(CCN(C4CCC(O)CC4)C3=O)C2)c(C)c1. The molecule has 0 radical (unpaired) electrons. The topological polar surface area (TPSA) is 97.2 Å². The number of carbonyl (C=O) groups is 2. The number of aromatic nitrogens is 1. The van der Waals surface area contributed by atoms with E-state index in [2.05, 4.69) is 14.8 Å². The first kappa shape index (κ1) is 22.8. The number of anilines is 2. The van der Waals surface area contributed by atoms with Crippen molar-refractivity contribution >= 4 is 23.5 Å². The van der Waals surface area contributed by atoms with Gasteiger partial charge in [0.05, 0.1) is 23.4 Å². The van der Waals surface area contributed by atoms with Gasteiger partial charge in [0.25, 0.3) is 0 Å². The standard InChI is InChI=1S/C24H36N4O4/c1-3-11-28(23(31)32)19-14-17(2)21(25-15-19)26-12-4-9-24(16-26)10-13-27(22(24)30)18-5-7-20(29)8-6-18/h14-15,18,20,29H,3-13,16H2,1-2H3,(H,31,32)/t18?,20?,24-/m0/s1. The lowest BCUT2D eigenvalue weighted by Gasteiger charge is -2.41. The fourth-order valence-electron chi connectivity index (χ4n) is 5.85. The molecule has 0 bridgehead atoms. The molecule has 0 unspecified atom stereocenters. The molecule has 1 aromatic rings. The lowest BCUT2D eigenvalue weighted by atomic mass is 9.78. The molecule has 32 heavy (non-hydrogen) atoms. The number of carboxylic acid groups (broad SMARTS) is 1. The number of likely N-dealkylation sites (tertiary alicyclic amines) is 1. The van der Waals surface area contributed by atoms with Crippen molar-refractivity contribution in [3.8, 4) is 0 Å². The van der Waals surface area contributed by atoms with E-state index in [1.807, 2.05) is 19.9 Å². The molecule has 1 aromatic heterocycles. The van der Waals surface area contributed by atoms with Crippen molar-refractivity contribution in [1.82, 2.24) is 9.88 Å². The smallest absolute Gasteiger partial charge is 0.411 e. The second kappa shape index (κ2) is 9.25. The van der Waals surface area contributed by atoms with E-state index in [1.165, 1.54) is 4.90 Å². The summed E-state index contributed by atoms with van der Waals surface area (Å²) < 4.78 is 0. The lowest BCUT2D eigenvalue weighted by Crippen LogP contribution is -2.50. The highest BCUT2D eigenvalue weighted by Gasteiger charge is 2.50. The minimum Gasteiger partial charge on any atom is -0.465 e. The Bertz CT molecular complexity index is 854. The molecule has 0 aromatic carbocycles. The predicted molar refractivity (Wildman–Crippen MR) is 123 cm³/mol. The number of hydrogen-bond acceptors (Lipinski definition) is 5. The number of aliphatic hydroxyl groups excluding tert-OH is 1. The molecule has 2 saturated heterocycles. The molecular formula is C24H36N4O4. The van der Waals surface area contributed by atoms with Gasteiger partial charge in [-0.15, -0.1) is 0 Å². The van der Waals surface area contributed by atoms with Gasteiger partial charge in [-0.2, -0.15) is 0 Å². The van der Waals surface area contributed by atoms with Crippen LogP contribution in [0.5, 0.6) is 0 Å². The van der Waals surface area contributed by atoms with Gasteiger partial charge in [0, 0.05) is 32.2 Å². The number of aryl methyl sites for hydroxylation is 1. The van der Waals surface area contributed by atoms with Crippen molar-refractivity contribution in [1.29, 1.82) is 0 Å². The summed E-state index contributed by atoms with van der Waals surface area (Å²) in [6.07, 6.45) is 7.30. The lowest BCUT2D eigenvalue weighted by molar-refractivity contribution is -0.139. The van der Waals surface area contributed by atoms with Crippen LogP contribution in [0.2, 0.25) is 0 Å². The van der Waals surface area contributed by atoms with Gasteiger partial charge in [0.1, 0.15) is 5.82 Å². The number of aliphatic hydroxyl groups is 1. The van der Waals surface area contributed by atoms with Crippen molar-refractivity contribution in [2.75, 3.05) is 36.0 Å². The monoisotopic (exact) mass is 444 g/mol. The van der Waals surface area contributed by atoms with Gasteiger partial charge in [-0.05, 0) is 69.9 Å². The van der Waals surface area contributed by atoms with E-state index in [4.69, 9.17) is 0 Å². The zero-order chi connectivity index (χ0) is 22.9. The Hall–Kier alpha value is -2.35. The second-order valence-electron chi connectivity index (χ2n) is 9.78. The number of carbonyl (C=O) groups excluding carboxylic acids is 1. The molecule has 1 atom stereocenters. The van der Waals surface area contributed by atoms with Crippen LogP contribution in [0.3, 0.4) is 0 Å². The minimum absolute atomic E-state index is 0.213. The molecule has 1 aliphatic carbocycles. The Kier molecular flexibility index (Phi) is 6.60. The van der Waals surface area contributed by atoms with Crippen molar-refractivity contribution in [2.24, 2.45) is 5.41 Å². The predicted octanol–water partition coefficient (Wildman–Crippen LogP) is 3.41. The van der Waals surface area contributed by atoms with E-state index in [-0.39, 0.29) is 23.5 Å². The number of amides is 2. The number of pyridine rings is 1. The van der Waals surface area contributed by atoms with Crippen LogP contribution < -0.4 is 9.80 Å². The highest BCUT2D eigenvalue weighted by atomic mass is 16.4. The van der Waals surface area contributed by atoms with E-state index >= 15 is 0 Å². The van der Waals surface area contributed by atoms with E-state index in [0.717, 1.165) is 75.8 Å². The van der Waals surface area contributed by atoms with E-state index in [9.17, 15) is 19.8 Å². The summed E-state index contributed by atoms with van der Waals surface area (Å²) in [7, 11) is 0. The van der Waals surface area contributed by atoms with Gasteiger partial charge in [-0.3, -0.25) is 9.69 Å². The summed E-state index contributed by atoms with van der Waals surface area (Å²) in [4.78, 5) is 35.5. The number of nitrogens with zero attached hydrogens (tertiary/aromatic N) is 4. The van der Waals surface area contributed by atoms with Crippen LogP contribution in [0.1, 0.15) is 63.9 Å². The molecule has 1 spiro atoms. The van der Waals surface area contributed by atoms with Crippen LogP contribution >= 0.6 is 0 Å². The van der Waals surface area contributed by atoms with Gasteiger partial charge in [-0.25, -0.2) is 9.78 Å². The molecule has 2 amide bonds. The van der Waals surface area contributed by atoms with E-state index < -0.39 is 6.09 Å². The maximum atomic E-state index is 13.6. The first-order valence-electron chi connectivity index (χ1n) is 12.1. The molecule has 3 heterocycles. The van der Waals surface area contributed by atoms with Crippen molar-refractivity contribution < 1.29 is 19.8 Å². The molecule has 8 nitrogen and oxygen atoms in total. The summed E-state index contributed by atoms with van der Waals surface area (Å²) in [5.74, 6) is 1.12. The Labute approximate surface area is 190 Å². The quantitative estimate of drug-likeness (QED) is 0.722. The molecular weight excluding hydrogens is 408 g/mol. The maximum absolute atomic E-state index is 13.6. The van der Waals surface area contributed by atoms with Gasteiger partial charge in [0.2, 0.25) is 5.91 Å². The zero-order valence-corrected chi connectivity index (χ0v) is 19.3. The minimum atomic E-state index is -0.968. The van der Waals surface area contributed by atoms with Crippen molar-refractivity contribution in [3.05, 3.63) is 17.8 Å². The first-order chi connectivity index (χ1) is 15.3. The Morgan fingerprint density at radius 1 is 1.25 bits per heavy atom. The highest BCUT2D eigenvalue weighted by molar-refractivity contribution is 5.87. The van der Waals surface area contributed by atoms with Gasteiger partial charge in [-0.1, -0.05) is 6.92 Å². The summed E-state index contributed by atoms with van der Waals surface area (Å²) in [5, 5.41) is 19.3. The van der Waals surface area contributed by atoms with Crippen LogP contribution in [0, 0.1) is 12.3 Å². The van der Waals surface area contributed by atoms with Crippen molar-refractivity contribution in [3.63, 3.8) is 0 Å². The summed E-state index contributed by atoms with van der Waals surface area (Å²) in [6, 6.07) is 2.16. The number of hydrogen-bond donors (Lipinski definition) is 2. The van der Waals surface area contributed by atoms with E-state index in [0.29, 0.717) is 18.8 Å². The van der Waals surface area contributed by atoms with E-state index in [1.54, 1.807) is 6.20 Å². The van der Waals surface area contributed by atoms with Crippen LogP contribution in [-0.4, -0.2) is 70.4 Å². The molecule has 2 N–H and O–H groups in total. The zero-order valence-electron chi connectivity index (χ0n) is 19.3. The molecule has 8 heteroatoms. The summed E-state index contributed by atoms with van der Waals surface area (Å²) in [5.41, 5.74) is 1.18. The molecule has 3 aliphatic rings.